The Morgan fingerprint density at radius 3 is 2.25 bits per heavy atom. The van der Waals surface area contributed by atoms with Crippen LogP contribution in [0.25, 0.3) is 0 Å². The molecule has 160 valence electrons. The zero-order valence-corrected chi connectivity index (χ0v) is 17.0. The molecule has 0 spiro atoms. The highest BCUT2D eigenvalue weighted by molar-refractivity contribution is 6.05. The maximum Gasteiger partial charge on any atom is 0.330 e. The molecule has 0 unspecified atom stereocenters. The van der Waals surface area contributed by atoms with Crippen LogP contribution < -0.4 is 21.9 Å². The Balaban J connectivity index is 1.84. The number of rotatable bonds is 6. The minimum atomic E-state index is -0.759. The largest absolute Gasteiger partial charge is 0.383 e. The van der Waals surface area contributed by atoms with Crippen molar-refractivity contribution in [3.8, 4) is 0 Å². The van der Waals surface area contributed by atoms with Crippen molar-refractivity contribution in [3.05, 3.63) is 117 Å². The zero-order chi connectivity index (χ0) is 22.5. The van der Waals surface area contributed by atoms with E-state index in [2.05, 4.69) is 15.0 Å². The van der Waals surface area contributed by atoms with Gasteiger partial charge in [-0.3, -0.25) is 29.0 Å². The van der Waals surface area contributed by atoms with Crippen molar-refractivity contribution >= 4 is 17.4 Å². The fraction of sp³-hybridized carbons (Fsp3) is 0.0870. The number of H-pyrrole nitrogens is 1. The van der Waals surface area contributed by atoms with Crippen molar-refractivity contribution in [1.82, 2.24) is 19.5 Å². The zero-order valence-electron chi connectivity index (χ0n) is 17.0. The lowest BCUT2D eigenvalue weighted by atomic mass is 10.2. The summed E-state index contributed by atoms with van der Waals surface area (Å²) in [5, 5.41) is 0. The first-order valence-corrected chi connectivity index (χ1v) is 9.83. The number of anilines is 2. The van der Waals surface area contributed by atoms with E-state index in [1.165, 1.54) is 28.1 Å². The van der Waals surface area contributed by atoms with Crippen LogP contribution in [0.2, 0.25) is 0 Å². The summed E-state index contributed by atoms with van der Waals surface area (Å²) in [6.07, 6.45) is 4.14. The van der Waals surface area contributed by atoms with Crippen molar-refractivity contribution in [2.24, 2.45) is 0 Å². The number of nitrogens with zero attached hydrogens (tertiary/aromatic N) is 4. The molecule has 2 aromatic carbocycles. The summed E-state index contributed by atoms with van der Waals surface area (Å²) in [6.45, 7) is 0.181. The number of aromatic amines is 1. The molecule has 3 N–H and O–H groups in total. The molecule has 9 heteroatoms. The monoisotopic (exact) mass is 428 g/mol. The number of benzene rings is 2. The van der Waals surface area contributed by atoms with Crippen LogP contribution in [0, 0.1) is 0 Å². The number of nitrogens with two attached hydrogens (primary N) is 1. The Kier molecular flexibility index (Phi) is 5.89. The van der Waals surface area contributed by atoms with Gasteiger partial charge in [-0.2, -0.15) is 0 Å². The van der Waals surface area contributed by atoms with Gasteiger partial charge in [-0.1, -0.05) is 60.7 Å². The lowest BCUT2D eigenvalue weighted by Crippen LogP contribution is -2.41. The lowest BCUT2D eigenvalue weighted by molar-refractivity contribution is 0.0979. The maximum atomic E-state index is 13.3. The average molecular weight is 428 g/mol. The van der Waals surface area contributed by atoms with Crippen LogP contribution in [0.1, 0.15) is 21.6 Å². The van der Waals surface area contributed by atoms with E-state index in [1.54, 1.807) is 0 Å². The van der Waals surface area contributed by atoms with E-state index in [1.807, 2.05) is 60.7 Å². The normalized spacial score (nSPS) is 10.6. The summed E-state index contributed by atoms with van der Waals surface area (Å²) < 4.78 is 1.23. The lowest BCUT2D eigenvalue weighted by Gasteiger charge is -2.24. The van der Waals surface area contributed by atoms with E-state index in [9.17, 15) is 14.4 Å². The maximum absolute atomic E-state index is 13.3. The number of aromatic nitrogens is 4. The minimum absolute atomic E-state index is 0.0445. The molecule has 2 aromatic heterocycles. The molecule has 0 aliphatic rings. The Morgan fingerprint density at radius 1 is 0.969 bits per heavy atom. The first-order chi connectivity index (χ1) is 15.5. The molecule has 0 saturated heterocycles. The van der Waals surface area contributed by atoms with Crippen LogP contribution >= 0.6 is 0 Å². The number of hydrogen-bond donors (Lipinski definition) is 2. The standard InChI is InChI=1S/C23H20N6O3/c24-20-19(21(30)27-23(32)29(20)15-17-9-5-2-6-10-17)28(14-16-7-3-1-4-8-16)22(31)18-13-25-11-12-26-18/h1-13H,14-15,24H2,(H,27,30,32). The Labute approximate surface area is 182 Å². The summed E-state index contributed by atoms with van der Waals surface area (Å²) in [5.74, 6) is -0.681. The molecule has 32 heavy (non-hydrogen) atoms. The number of nitrogens with one attached hydrogen (secondary N) is 1. The summed E-state index contributed by atoms with van der Waals surface area (Å²) in [6, 6.07) is 18.3. The van der Waals surface area contributed by atoms with Crippen molar-refractivity contribution in [1.29, 1.82) is 0 Å². The molecule has 1 amide bonds. The van der Waals surface area contributed by atoms with Crippen LogP contribution in [0.3, 0.4) is 0 Å². The molecule has 0 radical (unpaired) electrons. The fourth-order valence-electron chi connectivity index (χ4n) is 3.33. The summed E-state index contributed by atoms with van der Waals surface area (Å²) in [5.41, 5.74) is 6.40. The van der Waals surface area contributed by atoms with E-state index in [0.29, 0.717) is 0 Å². The van der Waals surface area contributed by atoms with E-state index < -0.39 is 17.2 Å². The van der Waals surface area contributed by atoms with Gasteiger partial charge in [0.2, 0.25) is 0 Å². The molecular weight excluding hydrogens is 408 g/mol. The van der Waals surface area contributed by atoms with Crippen LogP contribution in [-0.2, 0) is 13.1 Å². The Morgan fingerprint density at radius 2 is 1.62 bits per heavy atom. The average Bonchev–Trinajstić information content (AvgIpc) is 2.82. The highest BCUT2D eigenvalue weighted by atomic mass is 16.2. The van der Waals surface area contributed by atoms with Gasteiger partial charge in [-0.25, -0.2) is 9.78 Å². The number of carbonyl (C=O) groups is 1. The first kappa shape index (κ1) is 20.7. The second kappa shape index (κ2) is 9.09. The van der Waals surface area contributed by atoms with Crippen LogP contribution in [0.5, 0.6) is 0 Å². The fourth-order valence-corrected chi connectivity index (χ4v) is 3.33. The SMILES string of the molecule is Nc1c(N(Cc2ccccc2)C(=O)c2cnccn2)c(=O)[nH]c(=O)n1Cc1ccccc1. The number of hydrogen-bond acceptors (Lipinski definition) is 6. The molecule has 0 fully saturated rings. The third-order valence-electron chi connectivity index (χ3n) is 4.88. The third-order valence-corrected chi connectivity index (χ3v) is 4.88. The quantitative estimate of drug-likeness (QED) is 0.482. The van der Waals surface area contributed by atoms with Gasteiger partial charge in [0.25, 0.3) is 11.5 Å². The van der Waals surface area contributed by atoms with E-state index in [4.69, 9.17) is 5.73 Å². The molecule has 2 heterocycles. The molecule has 4 aromatic rings. The third kappa shape index (κ3) is 4.31. The second-order valence-corrected chi connectivity index (χ2v) is 7.03. The van der Waals surface area contributed by atoms with Gasteiger partial charge >= 0.3 is 5.69 Å². The highest BCUT2D eigenvalue weighted by Crippen LogP contribution is 2.22. The molecule has 0 aliphatic heterocycles. The van der Waals surface area contributed by atoms with Crippen LogP contribution in [0.4, 0.5) is 11.5 Å². The predicted octanol–water partition coefficient (Wildman–Crippen LogP) is 1.80. The van der Waals surface area contributed by atoms with Gasteiger partial charge in [-0.05, 0) is 11.1 Å². The van der Waals surface area contributed by atoms with Crippen LogP contribution in [-0.4, -0.2) is 25.4 Å². The van der Waals surface area contributed by atoms with Gasteiger partial charge in [0.05, 0.1) is 19.3 Å². The second-order valence-electron chi connectivity index (χ2n) is 7.03. The summed E-state index contributed by atoms with van der Waals surface area (Å²) >= 11 is 0. The number of amides is 1. The summed E-state index contributed by atoms with van der Waals surface area (Å²) in [4.78, 5) is 50.2. The number of carbonyl (C=O) groups excluding carboxylic acids is 1. The molecule has 4 rings (SSSR count). The van der Waals surface area contributed by atoms with Gasteiger partial charge in [0.15, 0.2) is 5.69 Å². The van der Waals surface area contributed by atoms with Crippen molar-refractivity contribution in [3.63, 3.8) is 0 Å². The van der Waals surface area contributed by atoms with Gasteiger partial charge < -0.3 is 5.73 Å². The first-order valence-electron chi connectivity index (χ1n) is 9.83. The van der Waals surface area contributed by atoms with Crippen LogP contribution in [0.15, 0.2) is 88.8 Å². The molecule has 0 saturated carbocycles. The predicted molar refractivity (Wildman–Crippen MR) is 120 cm³/mol. The van der Waals surface area contributed by atoms with Crippen molar-refractivity contribution in [2.75, 3.05) is 10.6 Å². The Bertz CT molecular complexity index is 1340. The summed E-state index contributed by atoms with van der Waals surface area (Å²) in [7, 11) is 0. The smallest absolute Gasteiger partial charge is 0.330 e. The van der Waals surface area contributed by atoms with Crippen molar-refractivity contribution < 1.29 is 4.79 Å². The molecule has 0 aliphatic carbocycles. The van der Waals surface area contributed by atoms with E-state index in [-0.39, 0.29) is 30.3 Å². The van der Waals surface area contributed by atoms with Gasteiger partial charge in [-0.15, -0.1) is 0 Å². The van der Waals surface area contributed by atoms with E-state index >= 15 is 0 Å². The molecule has 9 nitrogen and oxygen atoms in total. The number of nitrogen functional groups attached to an aromatic ring is 1. The highest BCUT2D eigenvalue weighted by Gasteiger charge is 2.26. The van der Waals surface area contributed by atoms with E-state index in [0.717, 1.165) is 11.1 Å². The molecule has 0 bridgehead atoms. The molecular formula is C23H20N6O3. The Hall–Kier alpha value is -4.53. The van der Waals surface area contributed by atoms with Gasteiger partial charge in [0.1, 0.15) is 11.5 Å². The van der Waals surface area contributed by atoms with Gasteiger partial charge in [0, 0.05) is 12.4 Å². The topological polar surface area (TPSA) is 127 Å². The minimum Gasteiger partial charge on any atom is -0.383 e. The van der Waals surface area contributed by atoms with Crippen molar-refractivity contribution in [2.45, 2.75) is 13.1 Å². The molecule has 0 atom stereocenters.